The molecule has 1 fully saturated rings. The minimum Gasteiger partial charge on any atom is -0.462 e. The van der Waals surface area contributed by atoms with Crippen molar-refractivity contribution >= 4 is 29.2 Å². The molecule has 1 N–H and O–H groups in total. The van der Waals surface area contributed by atoms with E-state index < -0.39 is 11.9 Å². The molecule has 184 valence electrons. The smallest absolute Gasteiger partial charge is 0.341 e. The summed E-state index contributed by atoms with van der Waals surface area (Å²) in [5.74, 6) is -0.667. The van der Waals surface area contributed by atoms with Crippen molar-refractivity contribution in [3.8, 4) is 17.5 Å². The third-order valence-electron chi connectivity index (χ3n) is 5.64. The van der Waals surface area contributed by atoms with Crippen LogP contribution >= 0.6 is 0 Å². The van der Waals surface area contributed by atoms with E-state index in [2.05, 4.69) is 20.2 Å². The van der Waals surface area contributed by atoms with Gasteiger partial charge in [0.25, 0.3) is 5.91 Å². The molecule has 1 aromatic heterocycles. The second-order valence-corrected chi connectivity index (χ2v) is 7.99. The first kappa shape index (κ1) is 24.6. The molecule has 4 rings (SSSR count). The fourth-order valence-corrected chi connectivity index (χ4v) is 3.74. The molecule has 1 aliphatic rings. The summed E-state index contributed by atoms with van der Waals surface area (Å²) in [5.41, 5.74) is 3.42. The Morgan fingerprint density at radius 2 is 1.83 bits per heavy atom. The van der Waals surface area contributed by atoms with E-state index in [1.807, 2.05) is 24.3 Å². The summed E-state index contributed by atoms with van der Waals surface area (Å²) >= 11 is 0. The summed E-state index contributed by atoms with van der Waals surface area (Å²) in [7, 11) is 1.39. The first-order valence-corrected chi connectivity index (χ1v) is 11.5. The number of amides is 1. The highest BCUT2D eigenvalue weighted by molar-refractivity contribution is 5.98. The van der Waals surface area contributed by atoms with Crippen LogP contribution in [0.5, 0.6) is 0 Å². The molecule has 0 unspecified atom stereocenters. The van der Waals surface area contributed by atoms with Crippen molar-refractivity contribution < 1.29 is 19.1 Å². The van der Waals surface area contributed by atoms with Crippen molar-refractivity contribution in [3.05, 3.63) is 65.9 Å². The Balaban J connectivity index is 1.60. The number of nitrogens with zero attached hydrogens (tertiary/aromatic N) is 5. The van der Waals surface area contributed by atoms with Gasteiger partial charge in [-0.1, -0.05) is 12.1 Å². The first-order chi connectivity index (χ1) is 17.5. The van der Waals surface area contributed by atoms with E-state index in [1.165, 1.54) is 13.2 Å². The Hall–Kier alpha value is -4.49. The average Bonchev–Trinajstić information content (AvgIpc) is 2.93. The number of carbonyl (C=O) groups is 2. The third-order valence-corrected chi connectivity index (χ3v) is 5.64. The largest absolute Gasteiger partial charge is 0.462 e. The summed E-state index contributed by atoms with van der Waals surface area (Å²) in [6.07, 6.45) is 3.21. The van der Waals surface area contributed by atoms with Gasteiger partial charge in [0.2, 0.25) is 5.95 Å². The van der Waals surface area contributed by atoms with E-state index in [-0.39, 0.29) is 12.2 Å². The molecule has 1 saturated heterocycles. The molecule has 10 heteroatoms. The summed E-state index contributed by atoms with van der Waals surface area (Å²) in [4.78, 5) is 36.9. The quantitative estimate of drug-likeness (QED) is 0.304. The number of nitrogens with one attached hydrogen (secondary N) is 1. The van der Waals surface area contributed by atoms with Crippen molar-refractivity contribution in [2.75, 3.05) is 50.2 Å². The van der Waals surface area contributed by atoms with Crippen LogP contribution in [0.1, 0.15) is 27.6 Å². The van der Waals surface area contributed by atoms with E-state index in [4.69, 9.17) is 14.7 Å². The molecule has 0 bridgehead atoms. The number of nitriles is 1. The fraction of sp³-hybridized carbons (Fsp3) is 0.269. The molecule has 36 heavy (non-hydrogen) atoms. The SMILES string of the molecule is CCOC(=O)c1cnc(Nc2ccc(N3CCOCC3)cc2)nc1-c1ccc(C(=O)N(C)C#N)cc1. The van der Waals surface area contributed by atoms with Gasteiger partial charge in [-0.3, -0.25) is 4.79 Å². The highest BCUT2D eigenvalue weighted by atomic mass is 16.5. The Morgan fingerprint density at radius 1 is 1.14 bits per heavy atom. The number of benzene rings is 2. The summed E-state index contributed by atoms with van der Waals surface area (Å²) in [5, 5.41) is 12.1. The predicted molar refractivity (Wildman–Crippen MR) is 134 cm³/mol. The monoisotopic (exact) mass is 486 g/mol. The number of hydrogen-bond acceptors (Lipinski definition) is 9. The number of hydrogen-bond donors (Lipinski definition) is 1. The van der Waals surface area contributed by atoms with Gasteiger partial charge in [-0.15, -0.1) is 0 Å². The highest BCUT2D eigenvalue weighted by Crippen LogP contribution is 2.26. The van der Waals surface area contributed by atoms with Crippen LogP contribution in [0.15, 0.2) is 54.7 Å². The maximum Gasteiger partial charge on any atom is 0.341 e. The molecule has 1 amide bonds. The van der Waals surface area contributed by atoms with Crippen LogP contribution in [-0.4, -0.2) is 66.7 Å². The van der Waals surface area contributed by atoms with Crippen molar-refractivity contribution in [1.82, 2.24) is 14.9 Å². The van der Waals surface area contributed by atoms with E-state index in [1.54, 1.807) is 37.4 Å². The van der Waals surface area contributed by atoms with Crippen LogP contribution in [0.3, 0.4) is 0 Å². The standard InChI is InChI=1S/C26H26N6O4/c1-3-36-25(34)22-16-28-26(29-20-8-10-21(11-9-20)32-12-14-35-15-13-32)30-23(22)18-4-6-19(7-5-18)24(33)31(2)17-27/h4-11,16H,3,12-15H2,1-2H3,(H,28,29,30). The van der Waals surface area contributed by atoms with Crippen LogP contribution in [0, 0.1) is 11.5 Å². The zero-order chi connectivity index (χ0) is 25.5. The average molecular weight is 487 g/mol. The Labute approximate surface area is 209 Å². The van der Waals surface area contributed by atoms with Gasteiger partial charge in [0, 0.05) is 48.8 Å². The number of morpholine rings is 1. The predicted octanol–water partition coefficient (Wildman–Crippen LogP) is 3.45. The lowest BCUT2D eigenvalue weighted by Gasteiger charge is -2.28. The maximum atomic E-state index is 12.6. The third kappa shape index (κ3) is 5.59. The van der Waals surface area contributed by atoms with Crippen molar-refractivity contribution in [2.45, 2.75) is 6.92 Å². The van der Waals surface area contributed by atoms with Gasteiger partial charge in [0.15, 0.2) is 6.19 Å². The lowest BCUT2D eigenvalue weighted by molar-refractivity contribution is 0.0526. The number of ether oxygens (including phenoxy) is 2. The van der Waals surface area contributed by atoms with E-state index in [9.17, 15) is 9.59 Å². The molecule has 10 nitrogen and oxygen atoms in total. The van der Waals surface area contributed by atoms with Crippen LogP contribution in [0.4, 0.5) is 17.3 Å². The number of esters is 1. The number of anilines is 3. The van der Waals surface area contributed by atoms with Gasteiger partial charge in [-0.2, -0.15) is 5.26 Å². The van der Waals surface area contributed by atoms with Gasteiger partial charge >= 0.3 is 5.97 Å². The molecule has 3 aromatic rings. The molecular weight excluding hydrogens is 460 g/mol. The molecule has 2 aromatic carbocycles. The molecule has 0 spiro atoms. The van der Waals surface area contributed by atoms with Gasteiger partial charge in [-0.25, -0.2) is 19.7 Å². The van der Waals surface area contributed by atoms with Gasteiger partial charge in [-0.05, 0) is 43.3 Å². The second kappa shape index (κ2) is 11.3. The van der Waals surface area contributed by atoms with Crippen LogP contribution in [0.25, 0.3) is 11.3 Å². The van der Waals surface area contributed by atoms with Crippen molar-refractivity contribution in [1.29, 1.82) is 5.26 Å². The molecule has 1 aliphatic heterocycles. The minimum atomic E-state index is -0.543. The molecule has 0 atom stereocenters. The Kier molecular flexibility index (Phi) is 7.72. The minimum absolute atomic E-state index is 0.207. The van der Waals surface area contributed by atoms with E-state index >= 15 is 0 Å². The van der Waals surface area contributed by atoms with Crippen molar-refractivity contribution in [3.63, 3.8) is 0 Å². The Bertz CT molecular complexity index is 1270. The zero-order valence-corrected chi connectivity index (χ0v) is 20.1. The molecule has 0 aliphatic carbocycles. The molecule has 0 saturated carbocycles. The molecule has 0 radical (unpaired) electrons. The van der Waals surface area contributed by atoms with E-state index in [0.717, 1.165) is 29.4 Å². The fourth-order valence-electron chi connectivity index (χ4n) is 3.74. The zero-order valence-electron chi connectivity index (χ0n) is 20.1. The van der Waals surface area contributed by atoms with Gasteiger partial charge in [0.1, 0.15) is 5.56 Å². The molecule has 2 heterocycles. The Morgan fingerprint density at radius 3 is 2.47 bits per heavy atom. The van der Waals surface area contributed by atoms with Gasteiger partial charge in [0.05, 0.1) is 25.5 Å². The van der Waals surface area contributed by atoms with Gasteiger partial charge < -0.3 is 19.7 Å². The normalized spacial score (nSPS) is 13.0. The van der Waals surface area contributed by atoms with E-state index in [0.29, 0.717) is 36.0 Å². The molecular formula is C26H26N6O4. The summed E-state index contributed by atoms with van der Waals surface area (Å²) in [6.45, 7) is 5.07. The lowest BCUT2D eigenvalue weighted by atomic mass is 10.0. The summed E-state index contributed by atoms with van der Waals surface area (Å²) < 4.78 is 10.6. The van der Waals surface area contributed by atoms with Crippen LogP contribution in [0.2, 0.25) is 0 Å². The van der Waals surface area contributed by atoms with Crippen LogP contribution in [-0.2, 0) is 9.47 Å². The van der Waals surface area contributed by atoms with Crippen molar-refractivity contribution in [2.24, 2.45) is 0 Å². The second-order valence-electron chi connectivity index (χ2n) is 7.99. The lowest BCUT2D eigenvalue weighted by Crippen LogP contribution is -2.36. The first-order valence-electron chi connectivity index (χ1n) is 11.5. The topological polar surface area (TPSA) is 121 Å². The number of carbonyl (C=O) groups excluding carboxylic acids is 2. The number of rotatable bonds is 7. The highest BCUT2D eigenvalue weighted by Gasteiger charge is 2.19. The van der Waals surface area contributed by atoms with Crippen LogP contribution < -0.4 is 10.2 Å². The maximum absolute atomic E-state index is 12.6. The number of aromatic nitrogens is 2. The summed E-state index contributed by atoms with van der Waals surface area (Å²) in [6, 6.07) is 14.4.